The molecule has 17 heteroatoms. The van der Waals surface area contributed by atoms with Gasteiger partial charge in [0.2, 0.25) is 5.91 Å². The third-order valence-electron chi connectivity index (χ3n) is 11.7. The molecule has 8 rings (SSSR count). The largest absolute Gasteiger partial charge is 0.417 e. The van der Waals surface area contributed by atoms with Crippen molar-refractivity contribution in [1.29, 1.82) is 0 Å². The number of primary amides is 2. The third kappa shape index (κ3) is 9.56. The van der Waals surface area contributed by atoms with Crippen molar-refractivity contribution in [3.8, 4) is 11.3 Å². The number of carbonyl (C=O) groups excluding carboxylic acids is 3. The summed E-state index contributed by atoms with van der Waals surface area (Å²) < 4.78 is 40.4. The second-order valence-corrected chi connectivity index (χ2v) is 15.7. The molecule has 5 heterocycles. The second kappa shape index (κ2) is 17.5. The van der Waals surface area contributed by atoms with E-state index in [0.29, 0.717) is 55.1 Å². The van der Waals surface area contributed by atoms with E-state index in [1.807, 2.05) is 6.07 Å². The molecule has 0 aliphatic carbocycles. The lowest BCUT2D eigenvalue weighted by atomic mass is 9.95. The highest BCUT2D eigenvalue weighted by molar-refractivity contribution is 6.06. The zero-order valence-electron chi connectivity index (χ0n) is 33.5. The van der Waals surface area contributed by atoms with Gasteiger partial charge in [-0.3, -0.25) is 19.3 Å². The first-order chi connectivity index (χ1) is 29.4. The van der Waals surface area contributed by atoms with E-state index in [4.69, 9.17) is 16.6 Å². The topological polar surface area (TPSA) is 180 Å². The van der Waals surface area contributed by atoms with Crippen molar-refractivity contribution >= 4 is 52.1 Å². The summed E-state index contributed by atoms with van der Waals surface area (Å²) in [5, 5.41) is 13.9. The molecule has 0 saturated carbocycles. The number of fused-ring (bicyclic) bond motifs is 2. The molecule has 3 amide bonds. The van der Waals surface area contributed by atoms with Crippen LogP contribution >= 0.6 is 0 Å². The number of piperazine rings is 1. The number of rotatable bonds is 12. The van der Waals surface area contributed by atoms with Gasteiger partial charge >= 0.3 is 6.18 Å². The second-order valence-electron chi connectivity index (χ2n) is 15.7. The van der Waals surface area contributed by atoms with Gasteiger partial charge in [-0.1, -0.05) is 12.1 Å². The van der Waals surface area contributed by atoms with E-state index in [2.05, 4.69) is 72.0 Å². The standard InChI is InChI=1S/C44H48F3N11O3/c45-44(46,47)32-5-12-38(51-26-32)53-43(61)30-3-1-29(2-4-30)40-39(41(49)60)42-52-36-11-10-35(25-31(36)16-20-58(42)54-40)57-23-21-55(22-24-57)27-28-14-18-56(19-15-28)34-8-6-33(7-9-34)50-17-13-37(48)59/h1-12,25-26,28,50,52H,13-24,27H2,(H2,48,59)(H2,49,60)(H,51,53,61). The number of nitrogens with one attached hydrogen (secondary N) is 3. The van der Waals surface area contributed by atoms with E-state index in [9.17, 15) is 27.6 Å². The average Bonchev–Trinajstić information content (AvgIpc) is 3.52. The van der Waals surface area contributed by atoms with Gasteiger partial charge in [0.1, 0.15) is 22.9 Å². The van der Waals surface area contributed by atoms with Crippen LogP contribution in [-0.4, -0.2) is 89.7 Å². The predicted molar refractivity (Wildman–Crippen MR) is 229 cm³/mol. The minimum atomic E-state index is -4.53. The van der Waals surface area contributed by atoms with E-state index in [1.165, 1.54) is 17.8 Å². The van der Waals surface area contributed by atoms with Crippen LogP contribution in [0.25, 0.3) is 11.3 Å². The van der Waals surface area contributed by atoms with Crippen LogP contribution in [0, 0.1) is 5.92 Å². The fourth-order valence-electron chi connectivity index (χ4n) is 8.30. The number of alkyl halides is 3. The first kappa shape index (κ1) is 41.1. The summed E-state index contributed by atoms with van der Waals surface area (Å²) in [4.78, 5) is 47.9. The Labute approximate surface area is 351 Å². The molecule has 14 nitrogen and oxygen atoms in total. The number of anilines is 6. The van der Waals surface area contributed by atoms with E-state index in [0.717, 1.165) is 93.4 Å². The monoisotopic (exact) mass is 835 g/mol. The Hall–Kier alpha value is -6.62. The lowest BCUT2D eigenvalue weighted by Gasteiger charge is -2.40. The molecule has 2 saturated heterocycles. The summed E-state index contributed by atoms with van der Waals surface area (Å²) in [6.45, 7) is 8.10. The number of aryl methyl sites for hydroxylation is 2. The maximum absolute atomic E-state index is 12.9. The molecule has 2 fully saturated rings. The summed E-state index contributed by atoms with van der Waals surface area (Å²) in [6.07, 6.45) is -0.567. The number of piperidine rings is 1. The SMILES string of the molecule is NC(=O)CCNc1ccc(N2CCC(CN3CCN(c4ccc5c(c4)CCn4nc(-c6ccc(C(=O)Nc7ccc(C(F)(F)F)cn7)cc6)c(C(N)=O)c4N5)CC3)CC2)cc1. The molecule has 5 aromatic rings. The molecular weight excluding hydrogens is 788 g/mol. The number of benzene rings is 3. The Balaban J connectivity index is 0.842. The zero-order valence-corrected chi connectivity index (χ0v) is 33.5. The molecule has 2 aromatic heterocycles. The highest BCUT2D eigenvalue weighted by Gasteiger charge is 2.31. The first-order valence-electron chi connectivity index (χ1n) is 20.5. The van der Waals surface area contributed by atoms with Gasteiger partial charge in [0.15, 0.2) is 0 Å². The van der Waals surface area contributed by atoms with Crippen molar-refractivity contribution in [3.05, 3.63) is 107 Å². The Bertz CT molecular complexity index is 2370. The van der Waals surface area contributed by atoms with E-state index in [-0.39, 0.29) is 22.9 Å². The molecule has 318 valence electrons. The summed E-state index contributed by atoms with van der Waals surface area (Å²) in [7, 11) is 0. The Morgan fingerprint density at radius 2 is 1.52 bits per heavy atom. The summed E-state index contributed by atoms with van der Waals surface area (Å²) in [6, 6.07) is 23.1. The van der Waals surface area contributed by atoms with Crippen molar-refractivity contribution in [1.82, 2.24) is 19.7 Å². The summed E-state index contributed by atoms with van der Waals surface area (Å²) in [5.41, 5.74) is 17.0. The predicted octanol–water partition coefficient (Wildman–Crippen LogP) is 5.94. The number of hydrogen-bond donors (Lipinski definition) is 5. The smallest absolute Gasteiger partial charge is 0.385 e. The van der Waals surface area contributed by atoms with Crippen LogP contribution in [0.5, 0.6) is 0 Å². The lowest BCUT2D eigenvalue weighted by Crippen LogP contribution is -2.49. The third-order valence-corrected chi connectivity index (χ3v) is 11.7. The summed E-state index contributed by atoms with van der Waals surface area (Å²) >= 11 is 0. The fourth-order valence-corrected chi connectivity index (χ4v) is 8.30. The molecule has 0 unspecified atom stereocenters. The number of halogens is 3. The van der Waals surface area contributed by atoms with Gasteiger partial charge in [-0.05, 0) is 97.5 Å². The number of hydrogen-bond acceptors (Lipinski definition) is 10. The van der Waals surface area contributed by atoms with Crippen molar-refractivity contribution in [2.45, 2.75) is 38.4 Å². The Morgan fingerprint density at radius 3 is 2.18 bits per heavy atom. The number of carbonyl (C=O) groups is 3. The van der Waals surface area contributed by atoms with Gasteiger partial charge in [0.05, 0.1) is 5.56 Å². The molecule has 3 aliphatic rings. The van der Waals surface area contributed by atoms with Gasteiger partial charge < -0.3 is 37.2 Å². The van der Waals surface area contributed by atoms with Crippen molar-refractivity contribution in [2.75, 3.05) is 78.1 Å². The van der Waals surface area contributed by atoms with Gasteiger partial charge in [-0.15, -0.1) is 0 Å². The zero-order chi connectivity index (χ0) is 42.7. The number of pyridine rings is 1. The molecule has 7 N–H and O–H groups in total. The summed E-state index contributed by atoms with van der Waals surface area (Å²) in [5.74, 6) is -0.384. The number of nitrogens with two attached hydrogens (primary N) is 2. The fraction of sp³-hybridized carbons (Fsp3) is 0.341. The maximum atomic E-state index is 12.9. The number of aromatic nitrogens is 3. The quantitative estimate of drug-likeness (QED) is 0.101. The van der Waals surface area contributed by atoms with Crippen molar-refractivity contribution in [3.63, 3.8) is 0 Å². The van der Waals surface area contributed by atoms with Crippen LogP contribution in [0.15, 0.2) is 85.1 Å². The van der Waals surface area contributed by atoms with Gasteiger partial charge in [0.25, 0.3) is 11.8 Å². The Morgan fingerprint density at radius 1 is 0.820 bits per heavy atom. The molecular formula is C44H48F3N11O3. The van der Waals surface area contributed by atoms with Crippen molar-refractivity contribution in [2.24, 2.45) is 17.4 Å². The Kier molecular flexibility index (Phi) is 11.8. The van der Waals surface area contributed by atoms with Crippen LogP contribution in [0.2, 0.25) is 0 Å². The van der Waals surface area contributed by atoms with Gasteiger partial charge in [-0.2, -0.15) is 18.3 Å². The van der Waals surface area contributed by atoms with Crippen LogP contribution in [0.1, 0.15) is 51.1 Å². The van der Waals surface area contributed by atoms with Gasteiger partial charge in [0, 0.05) is 105 Å². The van der Waals surface area contributed by atoms with E-state index in [1.54, 1.807) is 16.8 Å². The molecule has 0 bridgehead atoms. The first-order valence-corrected chi connectivity index (χ1v) is 20.5. The maximum Gasteiger partial charge on any atom is 0.417 e. The molecule has 0 spiro atoms. The highest BCUT2D eigenvalue weighted by atomic mass is 19.4. The minimum absolute atomic E-state index is 0.0226. The minimum Gasteiger partial charge on any atom is -0.385 e. The van der Waals surface area contributed by atoms with Crippen LogP contribution in [0.3, 0.4) is 0 Å². The number of amides is 3. The highest BCUT2D eigenvalue weighted by Crippen LogP contribution is 2.36. The normalized spacial score (nSPS) is 15.9. The van der Waals surface area contributed by atoms with E-state index < -0.39 is 23.6 Å². The van der Waals surface area contributed by atoms with Crippen LogP contribution in [0.4, 0.5) is 47.6 Å². The molecule has 3 aromatic carbocycles. The van der Waals surface area contributed by atoms with Gasteiger partial charge in [-0.25, -0.2) is 9.67 Å². The lowest BCUT2D eigenvalue weighted by molar-refractivity contribution is -0.137. The molecule has 0 atom stereocenters. The average molecular weight is 836 g/mol. The van der Waals surface area contributed by atoms with Crippen LogP contribution < -0.4 is 37.2 Å². The van der Waals surface area contributed by atoms with Crippen molar-refractivity contribution < 1.29 is 27.6 Å². The molecule has 61 heavy (non-hydrogen) atoms. The van der Waals surface area contributed by atoms with E-state index >= 15 is 0 Å². The number of nitrogens with zero attached hydrogens (tertiary/aromatic N) is 6. The molecule has 3 aliphatic heterocycles. The molecule has 0 radical (unpaired) electrons. The van der Waals surface area contributed by atoms with Crippen LogP contribution in [-0.2, 0) is 23.9 Å².